The van der Waals surface area contributed by atoms with Gasteiger partial charge in [-0.15, -0.1) is 0 Å². The van der Waals surface area contributed by atoms with Crippen molar-refractivity contribution in [1.29, 1.82) is 5.26 Å². The fourth-order valence-electron chi connectivity index (χ4n) is 3.51. The Balaban J connectivity index is 0.00000128. The van der Waals surface area contributed by atoms with Crippen LogP contribution in [0.5, 0.6) is 0 Å². The molecule has 4 N–H and O–H groups in total. The molecule has 3 rings (SSSR count). The second-order valence-corrected chi connectivity index (χ2v) is 9.55. The molecule has 1 heterocycles. The van der Waals surface area contributed by atoms with Crippen molar-refractivity contribution in [3.8, 4) is 6.07 Å². The van der Waals surface area contributed by atoms with Crippen molar-refractivity contribution in [3.63, 3.8) is 0 Å². The molecule has 0 spiro atoms. The largest absolute Gasteiger partial charge is 0.359 e. The zero-order chi connectivity index (χ0) is 29.5. The highest BCUT2D eigenvalue weighted by atomic mass is 19.1. The molecule has 0 saturated heterocycles. The van der Waals surface area contributed by atoms with Gasteiger partial charge in [0.2, 0.25) is 17.7 Å². The van der Waals surface area contributed by atoms with Gasteiger partial charge in [0, 0.05) is 31.8 Å². The van der Waals surface area contributed by atoms with Crippen molar-refractivity contribution in [3.05, 3.63) is 59.9 Å². The Labute approximate surface area is 233 Å². The third kappa shape index (κ3) is 11.6. The van der Waals surface area contributed by atoms with Gasteiger partial charge in [-0.05, 0) is 36.5 Å². The van der Waals surface area contributed by atoms with Gasteiger partial charge in [0.05, 0.1) is 18.8 Å². The predicted octanol–water partition coefficient (Wildman–Crippen LogP) is 1.66. The lowest BCUT2D eigenvalue weighted by molar-refractivity contribution is -0.127. The Hall–Kier alpha value is -4.40. The highest BCUT2D eigenvalue weighted by Gasteiger charge is 2.25. The zero-order valence-corrected chi connectivity index (χ0v) is 22.9. The van der Waals surface area contributed by atoms with E-state index in [1.54, 1.807) is 6.92 Å². The topological polar surface area (TPSA) is 166 Å². The lowest BCUT2D eigenvalue weighted by atomic mass is 9.97. The van der Waals surface area contributed by atoms with Crippen molar-refractivity contribution in [1.82, 2.24) is 31.2 Å². The van der Waals surface area contributed by atoms with Crippen LogP contribution in [0.1, 0.15) is 55.6 Å². The monoisotopic (exact) mass is 553 g/mol. The fraction of sp³-hybridized carbons (Fsp3) is 0.464. The number of amides is 4. The Bertz CT molecular complexity index is 1170. The number of carbonyl (C=O) groups is 4. The number of benzene rings is 1. The molecule has 11 nitrogen and oxygen atoms in total. The summed E-state index contributed by atoms with van der Waals surface area (Å²) in [5.74, 6) is -2.01. The van der Waals surface area contributed by atoms with E-state index in [-0.39, 0.29) is 24.4 Å². The number of hydrogen-bond donors (Lipinski definition) is 4. The molecule has 1 aliphatic rings. The van der Waals surface area contributed by atoms with Gasteiger partial charge in [-0.3, -0.25) is 24.2 Å². The quantitative estimate of drug-likeness (QED) is 0.310. The number of nitriles is 1. The average molecular weight is 554 g/mol. The molecule has 12 heteroatoms. The third-order valence-electron chi connectivity index (χ3n) is 6.18. The summed E-state index contributed by atoms with van der Waals surface area (Å²) in [6.45, 7) is 3.61. The summed E-state index contributed by atoms with van der Waals surface area (Å²) in [5, 5.41) is 19.4. The molecule has 1 saturated carbocycles. The van der Waals surface area contributed by atoms with Crippen LogP contribution < -0.4 is 21.3 Å². The Morgan fingerprint density at radius 3 is 2.30 bits per heavy atom. The second-order valence-electron chi connectivity index (χ2n) is 9.55. The van der Waals surface area contributed by atoms with Crippen LogP contribution in [0.25, 0.3) is 0 Å². The second kappa shape index (κ2) is 16.5. The SMILES string of the molecule is CC1CC1.CCC(CC(C#N)NC(=O)CNC(=O)C(Cc1ccc(F)cc1)NC(=O)c1cnccn1)C(=O)NC. The van der Waals surface area contributed by atoms with Gasteiger partial charge < -0.3 is 21.3 Å². The molecule has 1 fully saturated rings. The van der Waals surface area contributed by atoms with E-state index >= 15 is 0 Å². The number of carbonyl (C=O) groups excluding carboxylic acids is 4. The van der Waals surface area contributed by atoms with E-state index in [1.807, 2.05) is 6.07 Å². The molecular weight excluding hydrogens is 517 g/mol. The van der Waals surface area contributed by atoms with Crippen LogP contribution in [-0.4, -0.2) is 59.3 Å². The van der Waals surface area contributed by atoms with Crippen molar-refractivity contribution in [2.24, 2.45) is 11.8 Å². The average Bonchev–Trinajstić information content (AvgIpc) is 3.76. The highest BCUT2D eigenvalue weighted by molar-refractivity contribution is 5.96. The van der Waals surface area contributed by atoms with E-state index in [1.165, 1.54) is 62.7 Å². The molecule has 0 bridgehead atoms. The first kappa shape index (κ1) is 31.8. The number of nitrogens with zero attached hydrogens (tertiary/aromatic N) is 3. The normalized spacial score (nSPS) is 14.2. The number of halogens is 1. The summed E-state index contributed by atoms with van der Waals surface area (Å²) in [4.78, 5) is 57.3. The van der Waals surface area contributed by atoms with Gasteiger partial charge in [-0.2, -0.15) is 5.26 Å². The van der Waals surface area contributed by atoms with Crippen LogP contribution in [-0.2, 0) is 20.8 Å². The molecule has 3 unspecified atom stereocenters. The predicted molar refractivity (Wildman–Crippen MR) is 145 cm³/mol. The van der Waals surface area contributed by atoms with Gasteiger partial charge in [0.15, 0.2) is 0 Å². The number of aromatic nitrogens is 2. The first-order valence-corrected chi connectivity index (χ1v) is 13.2. The number of nitrogens with one attached hydrogen (secondary N) is 4. The van der Waals surface area contributed by atoms with Crippen LogP contribution in [0.15, 0.2) is 42.9 Å². The first-order valence-electron chi connectivity index (χ1n) is 13.2. The number of rotatable bonds is 12. The Morgan fingerprint density at radius 2 is 1.77 bits per heavy atom. The smallest absolute Gasteiger partial charge is 0.272 e. The Morgan fingerprint density at radius 1 is 1.10 bits per heavy atom. The molecule has 2 aromatic rings. The van der Waals surface area contributed by atoms with Gasteiger partial charge >= 0.3 is 0 Å². The molecule has 1 aromatic carbocycles. The van der Waals surface area contributed by atoms with Gasteiger partial charge in [0.1, 0.15) is 23.6 Å². The summed E-state index contributed by atoms with van der Waals surface area (Å²) >= 11 is 0. The molecular formula is C28H36FN7O4. The molecule has 4 amide bonds. The maximum absolute atomic E-state index is 13.3. The standard InChI is InChI=1S/C24H28FN7O4.C4H8/c1-3-16(22(34)27-2)11-18(12-26)31-21(33)14-30-23(35)19(10-15-4-6-17(25)7-5-15)32-24(36)20-13-28-8-9-29-20;1-4-2-3-4/h4-9,13,16,18-19H,3,10-11,14H2,1-2H3,(H,27,34)(H,30,35)(H,31,33)(H,32,36);4H,2-3H2,1H3. The molecule has 40 heavy (non-hydrogen) atoms. The molecule has 1 aromatic heterocycles. The van der Waals surface area contributed by atoms with E-state index < -0.39 is 48.1 Å². The lowest BCUT2D eigenvalue weighted by Crippen LogP contribution is -2.51. The molecule has 3 atom stereocenters. The zero-order valence-electron chi connectivity index (χ0n) is 22.9. The minimum absolute atomic E-state index is 0.00870. The van der Waals surface area contributed by atoms with Gasteiger partial charge in [0.25, 0.3) is 5.91 Å². The van der Waals surface area contributed by atoms with E-state index in [2.05, 4.69) is 38.2 Å². The summed E-state index contributed by atoms with van der Waals surface area (Å²) in [5.41, 5.74) is 0.565. The van der Waals surface area contributed by atoms with Crippen molar-refractivity contribution >= 4 is 23.6 Å². The molecule has 1 aliphatic carbocycles. The van der Waals surface area contributed by atoms with Crippen LogP contribution in [0.3, 0.4) is 0 Å². The summed E-state index contributed by atoms with van der Waals surface area (Å²) in [7, 11) is 1.49. The molecule has 0 radical (unpaired) electrons. The van der Waals surface area contributed by atoms with Crippen molar-refractivity contribution < 1.29 is 23.6 Å². The van der Waals surface area contributed by atoms with E-state index in [4.69, 9.17) is 0 Å². The van der Waals surface area contributed by atoms with Crippen molar-refractivity contribution in [2.75, 3.05) is 13.6 Å². The van der Waals surface area contributed by atoms with Crippen LogP contribution in [0.4, 0.5) is 4.39 Å². The summed E-state index contributed by atoms with van der Waals surface area (Å²) in [6, 6.07) is 5.32. The first-order chi connectivity index (χ1) is 19.2. The van der Waals surface area contributed by atoms with E-state index in [9.17, 15) is 28.8 Å². The van der Waals surface area contributed by atoms with E-state index in [0.717, 1.165) is 5.92 Å². The lowest BCUT2D eigenvalue weighted by Gasteiger charge is -2.20. The molecule has 0 aliphatic heterocycles. The summed E-state index contributed by atoms with van der Waals surface area (Å²) < 4.78 is 13.3. The maximum Gasteiger partial charge on any atom is 0.272 e. The van der Waals surface area contributed by atoms with Gasteiger partial charge in [-0.25, -0.2) is 9.37 Å². The minimum Gasteiger partial charge on any atom is -0.359 e. The third-order valence-corrected chi connectivity index (χ3v) is 6.18. The minimum atomic E-state index is -1.11. The van der Waals surface area contributed by atoms with Gasteiger partial charge in [-0.1, -0.05) is 38.8 Å². The van der Waals surface area contributed by atoms with Crippen molar-refractivity contribution in [2.45, 2.75) is 58.0 Å². The summed E-state index contributed by atoms with van der Waals surface area (Å²) in [6.07, 6.45) is 7.55. The maximum atomic E-state index is 13.3. The Kier molecular flexibility index (Phi) is 13.2. The van der Waals surface area contributed by atoms with Crippen LogP contribution >= 0.6 is 0 Å². The van der Waals surface area contributed by atoms with Crippen LogP contribution in [0, 0.1) is 29.0 Å². The highest BCUT2D eigenvalue weighted by Crippen LogP contribution is 2.26. The van der Waals surface area contributed by atoms with Crippen LogP contribution in [0.2, 0.25) is 0 Å². The molecule has 214 valence electrons. The number of hydrogen-bond acceptors (Lipinski definition) is 7. The van der Waals surface area contributed by atoms with E-state index in [0.29, 0.717) is 12.0 Å². The fourth-order valence-corrected chi connectivity index (χ4v) is 3.51.